The highest BCUT2D eigenvalue weighted by Crippen LogP contribution is 2.19. The molecule has 0 spiro atoms. The second-order valence-corrected chi connectivity index (χ2v) is 6.04. The van der Waals surface area contributed by atoms with E-state index in [0.29, 0.717) is 18.8 Å². The van der Waals surface area contributed by atoms with Gasteiger partial charge in [-0.1, -0.05) is 13.8 Å². The maximum absolute atomic E-state index is 12.6. The Morgan fingerprint density at radius 3 is 2.25 bits per heavy atom. The van der Waals surface area contributed by atoms with Gasteiger partial charge in [-0.15, -0.1) is 0 Å². The van der Waals surface area contributed by atoms with E-state index >= 15 is 0 Å². The fraction of sp³-hybridized carbons (Fsp3) is 0.733. The van der Waals surface area contributed by atoms with Crippen LogP contribution >= 0.6 is 0 Å². The topological polar surface area (TPSA) is 53.2 Å². The Kier molecular flexibility index (Phi) is 4.48. The number of aromatic nitrogens is 2. The van der Waals surface area contributed by atoms with Crippen LogP contribution in [-0.2, 0) is 4.74 Å². The Hall–Kier alpha value is -1.36. The van der Waals surface area contributed by atoms with Gasteiger partial charge < -0.3 is 4.74 Å². The Labute approximate surface area is 119 Å². The summed E-state index contributed by atoms with van der Waals surface area (Å²) in [6, 6.07) is 0.0131. The molecule has 1 aromatic rings. The normalized spacial score (nSPS) is 17.1. The van der Waals surface area contributed by atoms with Gasteiger partial charge in [0.05, 0.1) is 0 Å². The Bertz CT molecular complexity index is 538. The number of nitrogens with zero attached hydrogens (tertiary/aromatic N) is 2. The van der Waals surface area contributed by atoms with Crippen LogP contribution in [0.5, 0.6) is 0 Å². The maximum atomic E-state index is 12.6. The van der Waals surface area contributed by atoms with Crippen molar-refractivity contribution in [3.05, 3.63) is 32.6 Å². The van der Waals surface area contributed by atoms with Gasteiger partial charge in [0.1, 0.15) is 0 Å². The summed E-state index contributed by atoms with van der Waals surface area (Å²) in [4.78, 5) is 25.2. The largest absolute Gasteiger partial charge is 0.381 e. The van der Waals surface area contributed by atoms with Crippen molar-refractivity contribution >= 4 is 0 Å². The van der Waals surface area contributed by atoms with Crippen LogP contribution in [0, 0.1) is 0 Å². The first kappa shape index (κ1) is 15.0. The molecule has 1 aliphatic rings. The molecule has 0 unspecified atom stereocenters. The SMILES string of the molecule is CC(C)c1cn(C(C)C)c(=O)n(C2CCOCC2)c1=O. The van der Waals surface area contributed by atoms with Gasteiger partial charge in [0.2, 0.25) is 0 Å². The Morgan fingerprint density at radius 2 is 1.75 bits per heavy atom. The zero-order valence-electron chi connectivity index (χ0n) is 12.8. The predicted octanol–water partition coefficient (Wildman–Crippen LogP) is 2.07. The number of hydrogen-bond acceptors (Lipinski definition) is 3. The molecule has 5 heteroatoms. The molecule has 5 nitrogen and oxygen atoms in total. The lowest BCUT2D eigenvalue weighted by Gasteiger charge is -2.26. The fourth-order valence-corrected chi connectivity index (χ4v) is 2.64. The summed E-state index contributed by atoms with van der Waals surface area (Å²) in [5, 5.41) is 0. The van der Waals surface area contributed by atoms with Crippen LogP contribution in [0.1, 0.15) is 64.1 Å². The van der Waals surface area contributed by atoms with Gasteiger partial charge in [-0.25, -0.2) is 4.79 Å². The maximum Gasteiger partial charge on any atom is 0.331 e. The van der Waals surface area contributed by atoms with Crippen LogP contribution < -0.4 is 11.2 Å². The minimum atomic E-state index is -0.193. The molecule has 0 aliphatic carbocycles. The van der Waals surface area contributed by atoms with Crippen molar-refractivity contribution in [2.75, 3.05) is 13.2 Å². The first-order valence-electron chi connectivity index (χ1n) is 7.38. The van der Waals surface area contributed by atoms with Crippen molar-refractivity contribution in [1.29, 1.82) is 0 Å². The zero-order valence-corrected chi connectivity index (χ0v) is 12.8. The molecule has 112 valence electrons. The van der Waals surface area contributed by atoms with E-state index in [1.807, 2.05) is 27.7 Å². The van der Waals surface area contributed by atoms with Gasteiger partial charge in [-0.05, 0) is 32.6 Å². The second-order valence-electron chi connectivity index (χ2n) is 6.04. The van der Waals surface area contributed by atoms with Gasteiger partial charge in [0.25, 0.3) is 5.56 Å². The van der Waals surface area contributed by atoms with E-state index in [1.165, 1.54) is 4.57 Å². The lowest BCUT2D eigenvalue weighted by Crippen LogP contribution is -2.45. The molecule has 0 atom stereocenters. The van der Waals surface area contributed by atoms with E-state index in [1.54, 1.807) is 10.8 Å². The molecule has 1 aromatic heterocycles. The monoisotopic (exact) mass is 280 g/mol. The molecule has 1 aliphatic heterocycles. The minimum Gasteiger partial charge on any atom is -0.381 e. The molecular weight excluding hydrogens is 256 g/mol. The molecular formula is C15H24N2O3. The Balaban J connectivity index is 2.64. The number of hydrogen-bond donors (Lipinski definition) is 0. The fourth-order valence-electron chi connectivity index (χ4n) is 2.64. The van der Waals surface area contributed by atoms with E-state index < -0.39 is 0 Å². The molecule has 1 fully saturated rings. The average Bonchev–Trinajstić information content (AvgIpc) is 2.39. The third-order valence-electron chi connectivity index (χ3n) is 3.91. The highest BCUT2D eigenvalue weighted by atomic mass is 16.5. The van der Waals surface area contributed by atoms with Crippen molar-refractivity contribution in [3.8, 4) is 0 Å². The third-order valence-corrected chi connectivity index (χ3v) is 3.91. The van der Waals surface area contributed by atoms with Crippen molar-refractivity contribution < 1.29 is 4.74 Å². The molecule has 2 rings (SSSR count). The summed E-state index contributed by atoms with van der Waals surface area (Å²) < 4.78 is 8.46. The summed E-state index contributed by atoms with van der Waals surface area (Å²) in [5.41, 5.74) is 0.389. The van der Waals surface area contributed by atoms with Crippen molar-refractivity contribution in [2.24, 2.45) is 0 Å². The predicted molar refractivity (Wildman–Crippen MR) is 78.5 cm³/mol. The summed E-state index contributed by atoms with van der Waals surface area (Å²) in [5.74, 6) is 0.110. The van der Waals surface area contributed by atoms with Crippen LogP contribution in [0.4, 0.5) is 0 Å². The van der Waals surface area contributed by atoms with Crippen molar-refractivity contribution in [1.82, 2.24) is 9.13 Å². The molecule has 1 saturated heterocycles. The molecule has 0 aromatic carbocycles. The molecule has 0 amide bonds. The summed E-state index contributed by atoms with van der Waals surface area (Å²) >= 11 is 0. The van der Waals surface area contributed by atoms with E-state index in [9.17, 15) is 9.59 Å². The standard InChI is InChI=1S/C15H24N2O3/c1-10(2)13-9-16(11(3)4)15(19)17(14(13)18)12-5-7-20-8-6-12/h9-12H,5-8H2,1-4H3. The summed E-state index contributed by atoms with van der Waals surface area (Å²) in [6.07, 6.45) is 3.19. The van der Waals surface area contributed by atoms with Crippen LogP contribution in [-0.4, -0.2) is 22.3 Å². The highest BCUT2D eigenvalue weighted by molar-refractivity contribution is 5.11. The van der Waals surface area contributed by atoms with E-state index in [0.717, 1.165) is 12.8 Å². The zero-order chi connectivity index (χ0) is 14.9. The molecule has 0 saturated carbocycles. The van der Waals surface area contributed by atoms with Gasteiger partial charge >= 0.3 is 5.69 Å². The lowest BCUT2D eigenvalue weighted by atomic mass is 10.1. The van der Waals surface area contributed by atoms with Gasteiger partial charge in [0, 0.05) is 37.1 Å². The summed E-state index contributed by atoms with van der Waals surface area (Å²) in [6.45, 7) is 9.13. The van der Waals surface area contributed by atoms with Crippen molar-refractivity contribution in [3.63, 3.8) is 0 Å². The van der Waals surface area contributed by atoms with Crippen LogP contribution in [0.15, 0.2) is 15.8 Å². The minimum absolute atomic E-state index is 0.0348. The molecule has 0 N–H and O–H groups in total. The third kappa shape index (κ3) is 2.73. The first-order chi connectivity index (χ1) is 9.43. The summed E-state index contributed by atoms with van der Waals surface area (Å²) in [7, 11) is 0. The van der Waals surface area contributed by atoms with Gasteiger partial charge in [0.15, 0.2) is 0 Å². The number of ether oxygens (including phenoxy) is 1. The molecule has 0 bridgehead atoms. The van der Waals surface area contributed by atoms with E-state index in [4.69, 9.17) is 4.74 Å². The second kappa shape index (κ2) is 5.95. The van der Waals surface area contributed by atoms with Crippen molar-refractivity contribution in [2.45, 2.75) is 58.5 Å². The highest BCUT2D eigenvalue weighted by Gasteiger charge is 2.23. The van der Waals surface area contributed by atoms with Gasteiger partial charge in [-0.3, -0.25) is 13.9 Å². The van der Waals surface area contributed by atoms with Crippen LogP contribution in [0.3, 0.4) is 0 Å². The molecule has 0 radical (unpaired) electrons. The molecule has 2 heterocycles. The van der Waals surface area contributed by atoms with Crippen LogP contribution in [0.2, 0.25) is 0 Å². The van der Waals surface area contributed by atoms with Crippen LogP contribution in [0.25, 0.3) is 0 Å². The number of rotatable bonds is 3. The van der Waals surface area contributed by atoms with E-state index in [2.05, 4.69) is 0 Å². The molecule has 20 heavy (non-hydrogen) atoms. The quantitative estimate of drug-likeness (QED) is 0.851. The first-order valence-corrected chi connectivity index (χ1v) is 7.38. The Morgan fingerprint density at radius 1 is 1.15 bits per heavy atom. The smallest absolute Gasteiger partial charge is 0.331 e. The average molecular weight is 280 g/mol. The van der Waals surface area contributed by atoms with Gasteiger partial charge in [-0.2, -0.15) is 0 Å². The lowest BCUT2D eigenvalue weighted by molar-refractivity contribution is 0.0667. The van der Waals surface area contributed by atoms with E-state index in [-0.39, 0.29) is 29.3 Å².